The highest BCUT2D eigenvalue weighted by atomic mass is 16.6. The number of ether oxygens (including phenoxy) is 1. The molecule has 1 heterocycles. The van der Waals surface area contributed by atoms with Gasteiger partial charge < -0.3 is 20.1 Å². The van der Waals surface area contributed by atoms with Crippen molar-refractivity contribution in [1.82, 2.24) is 4.90 Å². The average molecular weight is 295 g/mol. The van der Waals surface area contributed by atoms with E-state index < -0.39 is 11.0 Å². The number of nitrogens with zero attached hydrogens (tertiary/aromatic N) is 2. The van der Waals surface area contributed by atoms with Crippen LogP contribution in [0.4, 0.5) is 11.4 Å². The molecule has 1 aromatic carbocycles. The minimum atomic E-state index is -0.536. The predicted octanol–water partition coefficient (Wildman–Crippen LogP) is 0.470. The summed E-state index contributed by atoms with van der Waals surface area (Å²) in [4.78, 5) is 24.4. The van der Waals surface area contributed by atoms with E-state index in [0.717, 1.165) is 0 Å². The molecule has 0 aliphatic carbocycles. The number of benzene rings is 1. The number of anilines is 1. The molecule has 114 valence electrons. The molecule has 1 aromatic rings. The average Bonchev–Trinajstić information content (AvgIpc) is 2.53. The number of morpholine rings is 1. The molecule has 1 fully saturated rings. The van der Waals surface area contributed by atoms with Gasteiger partial charge in [0.25, 0.3) is 11.6 Å². The van der Waals surface area contributed by atoms with Crippen molar-refractivity contribution < 1.29 is 19.6 Å². The summed E-state index contributed by atoms with van der Waals surface area (Å²) in [5.41, 5.74) is 0.632. The molecule has 1 atom stereocenters. The molecule has 0 radical (unpaired) electrons. The van der Waals surface area contributed by atoms with E-state index in [1.165, 1.54) is 23.1 Å². The number of nitrogens with one attached hydrogen (secondary N) is 1. The number of carbonyl (C=O) groups is 1. The van der Waals surface area contributed by atoms with Gasteiger partial charge in [-0.15, -0.1) is 0 Å². The summed E-state index contributed by atoms with van der Waals surface area (Å²) in [6, 6.07) is 4.12. The first-order chi connectivity index (χ1) is 10.1. The van der Waals surface area contributed by atoms with Crippen molar-refractivity contribution in [1.29, 1.82) is 0 Å². The van der Waals surface area contributed by atoms with Crippen molar-refractivity contribution in [3.05, 3.63) is 33.9 Å². The minimum absolute atomic E-state index is 0.135. The fraction of sp³-hybridized carbons (Fsp3) is 0.462. The van der Waals surface area contributed by atoms with Gasteiger partial charge in [-0.2, -0.15) is 0 Å². The Morgan fingerprint density at radius 2 is 2.38 bits per heavy atom. The van der Waals surface area contributed by atoms with Gasteiger partial charge >= 0.3 is 0 Å². The van der Waals surface area contributed by atoms with E-state index in [0.29, 0.717) is 18.8 Å². The van der Waals surface area contributed by atoms with Gasteiger partial charge in [0.15, 0.2) is 0 Å². The van der Waals surface area contributed by atoms with Gasteiger partial charge in [-0.05, 0) is 6.07 Å². The molecule has 1 aliphatic rings. The summed E-state index contributed by atoms with van der Waals surface area (Å²) < 4.78 is 5.29. The molecule has 0 bridgehead atoms. The molecule has 2 N–H and O–H groups in total. The van der Waals surface area contributed by atoms with Crippen LogP contribution in [0.15, 0.2) is 18.2 Å². The molecule has 21 heavy (non-hydrogen) atoms. The largest absolute Gasteiger partial charge is 0.394 e. The number of hydrogen-bond donors (Lipinski definition) is 2. The molecule has 1 unspecified atom stereocenters. The highest BCUT2D eigenvalue weighted by Crippen LogP contribution is 2.24. The maximum Gasteiger partial charge on any atom is 0.270 e. The quantitative estimate of drug-likeness (QED) is 0.618. The van der Waals surface area contributed by atoms with E-state index in [1.54, 1.807) is 7.05 Å². The molecule has 8 nitrogen and oxygen atoms in total. The van der Waals surface area contributed by atoms with Gasteiger partial charge in [0.1, 0.15) is 0 Å². The zero-order valence-corrected chi connectivity index (χ0v) is 11.6. The first-order valence-electron chi connectivity index (χ1n) is 6.54. The fourth-order valence-corrected chi connectivity index (χ4v) is 2.23. The monoisotopic (exact) mass is 295 g/mol. The van der Waals surface area contributed by atoms with Crippen LogP contribution < -0.4 is 5.32 Å². The molecule has 0 spiro atoms. The van der Waals surface area contributed by atoms with Crippen LogP contribution in [0.2, 0.25) is 0 Å². The summed E-state index contributed by atoms with van der Waals surface area (Å²) in [5, 5.41) is 22.8. The van der Waals surface area contributed by atoms with Crippen molar-refractivity contribution in [2.45, 2.75) is 6.10 Å². The van der Waals surface area contributed by atoms with Crippen molar-refractivity contribution >= 4 is 17.3 Å². The SMILES string of the molecule is CNc1ccc([N+](=O)[O-])cc1C(=O)N1CCOC(CO)C1. The maximum atomic E-state index is 12.5. The molecule has 2 rings (SSSR count). The standard InChI is InChI=1S/C13H17N3O5/c1-14-12-3-2-9(16(19)20)6-11(12)13(18)15-4-5-21-10(7-15)8-17/h2-3,6,10,14,17H,4-5,7-8H2,1H3. The normalized spacial score (nSPS) is 18.4. The number of aliphatic hydroxyl groups is 1. The van der Waals surface area contributed by atoms with Gasteiger partial charge in [0.2, 0.25) is 0 Å². The summed E-state index contributed by atoms with van der Waals surface area (Å²) in [6.07, 6.45) is -0.417. The van der Waals surface area contributed by atoms with Crippen LogP contribution in [0.25, 0.3) is 0 Å². The first kappa shape index (κ1) is 15.2. The zero-order valence-electron chi connectivity index (χ0n) is 11.6. The lowest BCUT2D eigenvalue weighted by Crippen LogP contribution is -2.47. The highest BCUT2D eigenvalue weighted by molar-refractivity contribution is 6.00. The second-order valence-electron chi connectivity index (χ2n) is 4.66. The summed E-state index contributed by atoms with van der Waals surface area (Å²) >= 11 is 0. The third-order valence-corrected chi connectivity index (χ3v) is 3.34. The van der Waals surface area contributed by atoms with Gasteiger partial charge in [-0.1, -0.05) is 0 Å². The Morgan fingerprint density at radius 3 is 3.00 bits per heavy atom. The van der Waals surface area contributed by atoms with Gasteiger partial charge in [-0.3, -0.25) is 14.9 Å². The second-order valence-corrected chi connectivity index (χ2v) is 4.66. The topological polar surface area (TPSA) is 105 Å². The van der Waals surface area contributed by atoms with Crippen molar-refractivity contribution in [2.75, 3.05) is 38.7 Å². The van der Waals surface area contributed by atoms with Crippen molar-refractivity contribution in [2.24, 2.45) is 0 Å². The third kappa shape index (κ3) is 3.29. The Balaban J connectivity index is 2.28. The number of carbonyl (C=O) groups excluding carboxylic acids is 1. The Labute approximate surface area is 121 Å². The molecule has 0 saturated carbocycles. The number of hydrogen-bond acceptors (Lipinski definition) is 6. The van der Waals surface area contributed by atoms with E-state index in [2.05, 4.69) is 5.32 Å². The molecule has 8 heteroatoms. The Bertz CT molecular complexity index is 549. The number of aliphatic hydroxyl groups excluding tert-OH is 1. The van der Waals surface area contributed by atoms with E-state index in [9.17, 15) is 14.9 Å². The number of nitro benzene ring substituents is 1. The number of non-ortho nitro benzene ring substituents is 1. The maximum absolute atomic E-state index is 12.5. The molecule has 1 amide bonds. The van der Waals surface area contributed by atoms with Crippen LogP contribution in [-0.2, 0) is 4.74 Å². The lowest BCUT2D eigenvalue weighted by atomic mass is 10.1. The Morgan fingerprint density at radius 1 is 1.62 bits per heavy atom. The van der Waals surface area contributed by atoms with Crippen LogP contribution >= 0.6 is 0 Å². The molecular weight excluding hydrogens is 278 g/mol. The van der Waals surface area contributed by atoms with E-state index >= 15 is 0 Å². The third-order valence-electron chi connectivity index (χ3n) is 3.34. The van der Waals surface area contributed by atoms with Crippen LogP contribution in [0.3, 0.4) is 0 Å². The summed E-state index contributed by atoms with van der Waals surface area (Å²) in [5.74, 6) is -0.315. The van der Waals surface area contributed by atoms with Crippen LogP contribution in [0, 0.1) is 10.1 Å². The van der Waals surface area contributed by atoms with Gasteiger partial charge in [0.05, 0.1) is 29.8 Å². The number of nitro groups is 1. The fourth-order valence-electron chi connectivity index (χ4n) is 2.23. The summed E-state index contributed by atoms with van der Waals surface area (Å²) in [7, 11) is 1.65. The zero-order chi connectivity index (χ0) is 15.4. The van der Waals surface area contributed by atoms with Gasteiger partial charge in [-0.25, -0.2) is 0 Å². The molecular formula is C13H17N3O5. The Hall–Kier alpha value is -2.19. The number of amides is 1. The second kappa shape index (κ2) is 6.51. The van der Waals surface area contributed by atoms with Gasteiger partial charge in [0, 0.05) is 38.0 Å². The lowest BCUT2D eigenvalue weighted by Gasteiger charge is -2.32. The van der Waals surface area contributed by atoms with Crippen LogP contribution in [0.5, 0.6) is 0 Å². The molecule has 1 saturated heterocycles. The number of rotatable bonds is 4. The molecule has 0 aromatic heterocycles. The first-order valence-corrected chi connectivity index (χ1v) is 6.54. The van der Waals surface area contributed by atoms with Crippen molar-refractivity contribution in [3.63, 3.8) is 0 Å². The summed E-state index contributed by atoms with van der Waals surface area (Å²) in [6.45, 7) is 0.820. The molecule has 1 aliphatic heterocycles. The van der Waals surface area contributed by atoms with Crippen LogP contribution in [0.1, 0.15) is 10.4 Å². The van der Waals surface area contributed by atoms with Crippen molar-refractivity contribution in [3.8, 4) is 0 Å². The highest BCUT2D eigenvalue weighted by Gasteiger charge is 2.27. The van der Waals surface area contributed by atoms with E-state index in [1.807, 2.05) is 0 Å². The van der Waals surface area contributed by atoms with E-state index in [4.69, 9.17) is 9.84 Å². The van der Waals surface area contributed by atoms with E-state index in [-0.39, 0.29) is 30.3 Å². The Kier molecular flexibility index (Phi) is 4.71. The predicted molar refractivity (Wildman–Crippen MR) is 75.4 cm³/mol. The smallest absolute Gasteiger partial charge is 0.270 e. The lowest BCUT2D eigenvalue weighted by molar-refractivity contribution is -0.384. The van der Waals surface area contributed by atoms with Crippen LogP contribution in [-0.4, -0.2) is 60.3 Å². The minimum Gasteiger partial charge on any atom is -0.394 e.